The Morgan fingerprint density at radius 1 is 1.33 bits per heavy atom. The molecule has 1 aromatic rings. The number of carbonyl (C=O) groups excluding carboxylic acids is 1. The Bertz CT molecular complexity index is 598. The minimum Gasteiger partial charge on any atom is -0.469 e. The van der Waals surface area contributed by atoms with Crippen LogP contribution in [-0.4, -0.2) is 43.1 Å². The molecule has 1 aliphatic heterocycles. The molecule has 24 heavy (non-hydrogen) atoms. The van der Waals surface area contributed by atoms with E-state index >= 15 is 0 Å². The van der Waals surface area contributed by atoms with Crippen molar-refractivity contribution >= 4 is 11.9 Å². The number of benzene rings is 1. The van der Waals surface area contributed by atoms with E-state index in [4.69, 9.17) is 9.73 Å². The minimum atomic E-state index is -0.266. The van der Waals surface area contributed by atoms with Crippen LogP contribution in [0, 0.1) is 11.8 Å². The summed E-state index contributed by atoms with van der Waals surface area (Å²) in [6.07, 6.45) is 2.57. The molecule has 1 heterocycles. The van der Waals surface area contributed by atoms with Crippen LogP contribution in [-0.2, 0) is 9.53 Å². The van der Waals surface area contributed by atoms with E-state index in [1.165, 1.54) is 20.0 Å². The maximum absolute atomic E-state index is 12.5. The Morgan fingerprint density at radius 3 is 2.62 bits per heavy atom. The summed E-state index contributed by atoms with van der Waals surface area (Å²) in [5.41, 5.74) is 1.09. The third-order valence-corrected chi connectivity index (χ3v) is 5.10. The van der Waals surface area contributed by atoms with Gasteiger partial charge in [0.1, 0.15) is 5.92 Å². The predicted molar refractivity (Wildman–Crippen MR) is 94.7 cm³/mol. The Kier molecular flexibility index (Phi) is 5.07. The number of rotatable bonds is 5. The fourth-order valence-electron chi connectivity index (χ4n) is 3.49. The zero-order valence-corrected chi connectivity index (χ0v) is 14.7. The van der Waals surface area contributed by atoms with E-state index < -0.39 is 0 Å². The SMILES string of the molecule is CCN1C(=NCC2CC2)N[C@@H](c2ccccc2)[C@H](C(=O)OC)[C@H]1C. The van der Waals surface area contributed by atoms with E-state index in [9.17, 15) is 4.79 Å². The van der Waals surface area contributed by atoms with Crippen LogP contribution in [0.1, 0.15) is 38.3 Å². The van der Waals surface area contributed by atoms with Crippen molar-refractivity contribution in [2.75, 3.05) is 20.2 Å². The normalized spacial score (nSPS) is 28.5. The summed E-state index contributed by atoms with van der Waals surface area (Å²) in [6, 6.07) is 10.0. The standard InChI is InChI=1S/C19H27N3O2/c1-4-22-13(2)16(18(23)24-3)17(15-8-6-5-7-9-15)21-19(22)20-12-14-10-11-14/h5-9,13-14,16-17H,4,10-12H2,1-3H3,(H,20,21)/t13-,16-,17+/m1/s1. The summed E-state index contributed by atoms with van der Waals surface area (Å²) >= 11 is 0. The fourth-order valence-corrected chi connectivity index (χ4v) is 3.49. The summed E-state index contributed by atoms with van der Waals surface area (Å²) in [5, 5.41) is 3.52. The highest BCUT2D eigenvalue weighted by atomic mass is 16.5. The lowest BCUT2D eigenvalue weighted by atomic mass is 9.85. The first-order valence-electron chi connectivity index (χ1n) is 8.86. The van der Waals surface area contributed by atoms with E-state index in [1.807, 2.05) is 18.2 Å². The lowest BCUT2D eigenvalue weighted by molar-refractivity contribution is -0.149. The van der Waals surface area contributed by atoms with Gasteiger partial charge in [0.15, 0.2) is 5.96 Å². The summed E-state index contributed by atoms with van der Waals surface area (Å²) in [5.74, 6) is 1.20. The van der Waals surface area contributed by atoms with Crippen molar-refractivity contribution in [1.29, 1.82) is 0 Å². The van der Waals surface area contributed by atoms with Gasteiger partial charge in [-0.05, 0) is 38.2 Å². The van der Waals surface area contributed by atoms with Crippen LogP contribution in [0.5, 0.6) is 0 Å². The summed E-state index contributed by atoms with van der Waals surface area (Å²) < 4.78 is 5.10. The second-order valence-corrected chi connectivity index (χ2v) is 6.72. The first-order valence-corrected chi connectivity index (χ1v) is 8.86. The average Bonchev–Trinajstić information content (AvgIpc) is 3.44. The number of guanidine groups is 1. The van der Waals surface area contributed by atoms with Crippen molar-refractivity contribution in [1.82, 2.24) is 10.2 Å². The Balaban J connectivity index is 1.93. The number of esters is 1. The van der Waals surface area contributed by atoms with Gasteiger partial charge in [-0.15, -0.1) is 0 Å². The predicted octanol–water partition coefficient (Wildman–Crippen LogP) is 2.60. The third kappa shape index (κ3) is 3.40. The molecular weight excluding hydrogens is 302 g/mol. The minimum absolute atomic E-state index is 0.0341. The van der Waals surface area contributed by atoms with Gasteiger partial charge in [0, 0.05) is 19.1 Å². The highest BCUT2D eigenvalue weighted by molar-refractivity contribution is 5.85. The van der Waals surface area contributed by atoms with E-state index in [-0.39, 0.29) is 24.0 Å². The molecule has 0 aromatic heterocycles. The molecule has 2 fully saturated rings. The van der Waals surface area contributed by atoms with Gasteiger partial charge < -0.3 is 15.0 Å². The number of hydrogen-bond donors (Lipinski definition) is 1. The van der Waals surface area contributed by atoms with Crippen LogP contribution < -0.4 is 5.32 Å². The van der Waals surface area contributed by atoms with Gasteiger partial charge in [0.05, 0.1) is 13.2 Å². The lowest BCUT2D eigenvalue weighted by Crippen LogP contribution is -2.60. The molecule has 1 saturated carbocycles. The van der Waals surface area contributed by atoms with Gasteiger partial charge in [-0.1, -0.05) is 30.3 Å². The van der Waals surface area contributed by atoms with Crippen molar-refractivity contribution in [3.05, 3.63) is 35.9 Å². The molecule has 130 valence electrons. The monoisotopic (exact) mass is 329 g/mol. The van der Waals surface area contributed by atoms with E-state index in [1.54, 1.807) is 0 Å². The maximum atomic E-state index is 12.5. The molecule has 3 rings (SSSR count). The van der Waals surface area contributed by atoms with E-state index in [0.29, 0.717) is 0 Å². The molecule has 0 radical (unpaired) electrons. The fraction of sp³-hybridized carbons (Fsp3) is 0.579. The van der Waals surface area contributed by atoms with Crippen LogP contribution in [0.25, 0.3) is 0 Å². The highest BCUT2D eigenvalue weighted by Gasteiger charge is 2.43. The van der Waals surface area contributed by atoms with Gasteiger partial charge >= 0.3 is 5.97 Å². The van der Waals surface area contributed by atoms with Crippen molar-refractivity contribution in [2.24, 2.45) is 16.8 Å². The highest BCUT2D eigenvalue weighted by Crippen LogP contribution is 2.33. The number of methoxy groups -OCH3 is 1. The number of nitrogens with one attached hydrogen (secondary N) is 1. The molecular formula is C19H27N3O2. The van der Waals surface area contributed by atoms with Crippen LogP contribution >= 0.6 is 0 Å². The molecule has 0 unspecified atom stereocenters. The van der Waals surface area contributed by atoms with Crippen molar-refractivity contribution in [3.63, 3.8) is 0 Å². The molecule has 1 N–H and O–H groups in total. The van der Waals surface area contributed by atoms with Gasteiger partial charge in [0.2, 0.25) is 0 Å². The first kappa shape index (κ1) is 16.8. The summed E-state index contributed by atoms with van der Waals surface area (Å²) in [4.78, 5) is 19.5. The van der Waals surface area contributed by atoms with Crippen molar-refractivity contribution < 1.29 is 9.53 Å². The number of carbonyl (C=O) groups is 1. The van der Waals surface area contributed by atoms with Crippen LogP contribution in [0.3, 0.4) is 0 Å². The maximum Gasteiger partial charge on any atom is 0.313 e. The van der Waals surface area contributed by atoms with Crippen LogP contribution in [0.2, 0.25) is 0 Å². The molecule has 2 aliphatic rings. The zero-order valence-electron chi connectivity index (χ0n) is 14.7. The molecule has 3 atom stereocenters. The average molecular weight is 329 g/mol. The number of aliphatic imine (C=N–C) groups is 1. The third-order valence-electron chi connectivity index (χ3n) is 5.10. The zero-order chi connectivity index (χ0) is 17.1. The Labute approximate surface area is 144 Å². The smallest absolute Gasteiger partial charge is 0.313 e. The number of ether oxygens (including phenoxy) is 1. The molecule has 5 heteroatoms. The van der Waals surface area contributed by atoms with Crippen LogP contribution in [0.15, 0.2) is 35.3 Å². The summed E-state index contributed by atoms with van der Waals surface area (Å²) in [7, 11) is 1.46. The molecule has 1 saturated heterocycles. The number of hydrogen-bond acceptors (Lipinski definition) is 3. The Hall–Kier alpha value is -2.04. The topological polar surface area (TPSA) is 53.9 Å². The Morgan fingerprint density at radius 2 is 2.04 bits per heavy atom. The largest absolute Gasteiger partial charge is 0.469 e. The molecule has 1 aromatic carbocycles. The molecule has 0 spiro atoms. The van der Waals surface area contributed by atoms with Crippen molar-refractivity contribution in [3.8, 4) is 0 Å². The van der Waals surface area contributed by atoms with Gasteiger partial charge in [-0.2, -0.15) is 0 Å². The number of nitrogens with zero attached hydrogens (tertiary/aromatic N) is 2. The van der Waals surface area contributed by atoms with Gasteiger partial charge in [-0.25, -0.2) is 0 Å². The molecule has 0 amide bonds. The second kappa shape index (κ2) is 7.24. The lowest BCUT2D eigenvalue weighted by Gasteiger charge is -2.45. The van der Waals surface area contributed by atoms with Crippen molar-refractivity contribution in [2.45, 2.75) is 38.8 Å². The second-order valence-electron chi connectivity index (χ2n) is 6.72. The summed E-state index contributed by atoms with van der Waals surface area (Å²) in [6.45, 7) is 5.87. The van der Waals surface area contributed by atoms with E-state index in [2.05, 4.69) is 36.2 Å². The van der Waals surface area contributed by atoms with Crippen LogP contribution in [0.4, 0.5) is 0 Å². The van der Waals surface area contributed by atoms with E-state index in [0.717, 1.165) is 30.5 Å². The van der Waals surface area contributed by atoms with Gasteiger partial charge in [-0.3, -0.25) is 9.79 Å². The quantitative estimate of drug-likeness (QED) is 0.844. The first-order chi connectivity index (χ1) is 11.7. The molecule has 1 aliphatic carbocycles. The molecule has 0 bridgehead atoms. The van der Waals surface area contributed by atoms with Gasteiger partial charge in [0.25, 0.3) is 0 Å². The molecule has 5 nitrogen and oxygen atoms in total.